The van der Waals surface area contributed by atoms with Crippen LogP contribution in [0, 0.1) is 5.82 Å². The van der Waals surface area contributed by atoms with E-state index in [2.05, 4.69) is 5.32 Å². The standard InChI is InChI=1S/C15H12Cl2FNO/c16-12-6-3-7-14(18)10(12)8-9-19-15(20)11-4-1-2-5-13(11)17/h1-7H,8-9H2,(H,19,20). The van der Waals surface area contributed by atoms with Crippen molar-refractivity contribution in [3.63, 3.8) is 0 Å². The largest absolute Gasteiger partial charge is 0.352 e. The lowest BCUT2D eigenvalue weighted by atomic mass is 10.1. The molecule has 104 valence electrons. The molecule has 0 saturated heterocycles. The Bertz CT molecular complexity index is 611. The fraction of sp³-hybridized carbons (Fsp3) is 0.133. The normalized spacial score (nSPS) is 10.3. The molecule has 0 aliphatic carbocycles. The Morgan fingerprint density at radius 1 is 1.05 bits per heavy atom. The molecule has 0 saturated carbocycles. The average Bonchev–Trinajstić information content (AvgIpc) is 2.42. The molecule has 0 heterocycles. The Hall–Kier alpha value is -1.58. The lowest BCUT2D eigenvalue weighted by Gasteiger charge is -2.08. The first-order valence-corrected chi connectivity index (χ1v) is 6.81. The SMILES string of the molecule is O=C(NCCc1c(F)cccc1Cl)c1ccccc1Cl. The van der Waals surface area contributed by atoms with E-state index in [9.17, 15) is 9.18 Å². The molecule has 2 aromatic rings. The first-order chi connectivity index (χ1) is 9.59. The molecule has 0 bridgehead atoms. The maximum Gasteiger partial charge on any atom is 0.252 e. The minimum absolute atomic E-state index is 0.282. The molecular weight excluding hydrogens is 300 g/mol. The quantitative estimate of drug-likeness (QED) is 0.904. The number of benzene rings is 2. The molecule has 2 rings (SSSR count). The molecule has 0 aliphatic heterocycles. The summed E-state index contributed by atoms with van der Waals surface area (Å²) in [5, 5.41) is 3.44. The highest BCUT2D eigenvalue weighted by Gasteiger charge is 2.10. The maximum absolute atomic E-state index is 13.5. The molecule has 0 fully saturated rings. The van der Waals surface area contributed by atoms with Gasteiger partial charge in [0.05, 0.1) is 10.6 Å². The summed E-state index contributed by atoms with van der Waals surface area (Å²) in [6.45, 7) is 0.282. The molecule has 2 nitrogen and oxygen atoms in total. The number of halogens is 3. The van der Waals surface area contributed by atoms with Crippen LogP contribution in [0.15, 0.2) is 42.5 Å². The Morgan fingerprint density at radius 2 is 1.75 bits per heavy atom. The van der Waals surface area contributed by atoms with Gasteiger partial charge in [0.1, 0.15) is 5.82 Å². The monoisotopic (exact) mass is 311 g/mol. The molecule has 0 aliphatic rings. The van der Waals surface area contributed by atoms with Gasteiger partial charge in [-0.05, 0) is 30.7 Å². The van der Waals surface area contributed by atoms with Gasteiger partial charge in [0, 0.05) is 17.1 Å². The molecule has 5 heteroatoms. The van der Waals surface area contributed by atoms with Gasteiger partial charge in [-0.3, -0.25) is 4.79 Å². The van der Waals surface area contributed by atoms with Crippen LogP contribution in [-0.2, 0) is 6.42 Å². The minimum atomic E-state index is -0.371. The zero-order valence-corrected chi connectivity index (χ0v) is 12.0. The number of hydrogen-bond donors (Lipinski definition) is 1. The van der Waals surface area contributed by atoms with Crippen molar-refractivity contribution in [1.29, 1.82) is 0 Å². The zero-order valence-electron chi connectivity index (χ0n) is 10.5. The number of rotatable bonds is 4. The van der Waals surface area contributed by atoms with Gasteiger partial charge < -0.3 is 5.32 Å². The zero-order chi connectivity index (χ0) is 14.5. The van der Waals surface area contributed by atoms with E-state index in [0.29, 0.717) is 27.6 Å². The van der Waals surface area contributed by atoms with E-state index in [1.54, 1.807) is 36.4 Å². The van der Waals surface area contributed by atoms with E-state index in [-0.39, 0.29) is 18.3 Å². The Morgan fingerprint density at radius 3 is 2.45 bits per heavy atom. The average molecular weight is 312 g/mol. The summed E-state index contributed by atoms with van der Waals surface area (Å²) in [5.41, 5.74) is 0.794. The number of amides is 1. The van der Waals surface area contributed by atoms with E-state index in [1.165, 1.54) is 6.07 Å². The summed E-state index contributed by atoms with van der Waals surface area (Å²) >= 11 is 11.8. The molecule has 2 aromatic carbocycles. The van der Waals surface area contributed by atoms with Crippen LogP contribution in [0.1, 0.15) is 15.9 Å². The van der Waals surface area contributed by atoms with Crippen LogP contribution >= 0.6 is 23.2 Å². The summed E-state index contributed by atoms with van der Waals surface area (Å²) in [6, 6.07) is 11.3. The van der Waals surface area contributed by atoms with Gasteiger partial charge in [-0.1, -0.05) is 41.4 Å². The van der Waals surface area contributed by atoms with Crippen LogP contribution in [0.4, 0.5) is 4.39 Å². The molecule has 0 aromatic heterocycles. The molecule has 1 amide bonds. The van der Waals surface area contributed by atoms with Gasteiger partial charge >= 0.3 is 0 Å². The number of nitrogens with one attached hydrogen (secondary N) is 1. The van der Waals surface area contributed by atoms with Crippen molar-refractivity contribution in [2.45, 2.75) is 6.42 Å². The third-order valence-electron chi connectivity index (χ3n) is 2.84. The fourth-order valence-corrected chi connectivity index (χ4v) is 2.29. The smallest absolute Gasteiger partial charge is 0.252 e. The van der Waals surface area contributed by atoms with Crippen LogP contribution in [0.25, 0.3) is 0 Å². The van der Waals surface area contributed by atoms with Gasteiger partial charge in [-0.25, -0.2) is 4.39 Å². The van der Waals surface area contributed by atoms with Crippen LogP contribution < -0.4 is 5.32 Å². The summed E-state index contributed by atoms with van der Waals surface area (Å²) in [6.07, 6.45) is 0.321. The summed E-state index contributed by atoms with van der Waals surface area (Å²) in [7, 11) is 0. The van der Waals surface area contributed by atoms with Crippen molar-refractivity contribution < 1.29 is 9.18 Å². The van der Waals surface area contributed by atoms with Crippen molar-refractivity contribution in [3.8, 4) is 0 Å². The van der Waals surface area contributed by atoms with Crippen LogP contribution in [0.2, 0.25) is 10.0 Å². The summed E-state index contributed by atoms with van der Waals surface area (Å²) in [4.78, 5) is 11.9. The minimum Gasteiger partial charge on any atom is -0.352 e. The first kappa shape index (κ1) is 14.8. The lowest BCUT2D eigenvalue weighted by molar-refractivity contribution is 0.0954. The maximum atomic E-state index is 13.5. The molecule has 0 radical (unpaired) electrons. The summed E-state index contributed by atoms with van der Waals surface area (Å²) in [5.74, 6) is -0.660. The van der Waals surface area contributed by atoms with Crippen LogP contribution in [-0.4, -0.2) is 12.5 Å². The highest BCUT2D eigenvalue weighted by Crippen LogP contribution is 2.19. The van der Waals surface area contributed by atoms with Crippen molar-refractivity contribution >= 4 is 29.1 Å². The van der Waals surface area contributed by atoms with Crippen LogP contribution in [0.5, 0.6) is 0 Å². The van der Waals surface area contributed by atoms with Gasteiger partial charge in [0.2, 0.25) is 0 Å². The second-order valence-corrected chi connectivity index (χ2v) is 5.00. The third-order valence-corrected chi connectivity index (χ3v) is 3.52. The summed E-state index contributed by atoms with van der Waals surface area (Å²) < 4.78 is 13.5. The van der Waals surface area contributed by atoms with E-state index < -0.39 is 0 Å². The Kier molecular flexibility index (Phi) is 4.99. The van der Waals surface area contributed by atoms with E-state index in [4.69, 9.17) is 23.2 Å². The first-order valence-electron chi connectivity index (χ1n) is 6.05. The van der Waals surface area contributed by atoms with Crippen molar-refractivity contribution in [3.05, 3.63) is 69.5 Å². The molecule has 20 heavy (non-hydrogen) atoms. The lowest BCUT2D eigenvalue weighted by Crippen LogP contribution is -2.26. The topological polar surface area (TPSA) is 29.1 Å². The molecule has 0 atom stereocenters. The van der Waals surface area contributed by atoms with Crippen molar-refractivity contribution in [2.75, 3.05) is 6.54 Å². The molecular formula is C15H12Cl2FNO. The van der Waals surface area contributed by atoms with Crippen molar-refractivity contribution in [2.24, 2.45) is 0 Å². The van der Waals surface area contributed by atoms with Gasteiger partial charge in [-0.2, -0.15) is 0 Å². The molecule has 1 N–H and O–H groups in total. The van der Waals surface area contributed by atoms with Gasteiger partial charge in [0.25, 0.3) is 5.91 Å². The van der Waals surface area contributed by atoms with E-state index >= 15 is 0 Å². The second kappa shape index (κ2) is 6.73. The molecule has 0 unspecified atom stereocenters. The van der Waals surface area contributed by atoms with Crippen molar-refractivity contribution in [1.82, 2.24) is 5.32 Å². The van der Waals surface area contributed by atoms with Gasteiger partial charge in [-0.15, -0.1) is 0 Å². The number of carbonyl (C=O) groups excluding carboxylic acids is 1. The van der Waals surface area contributed by atoms with E-state index in [1.807, 2.05) is 0 Å². The number of carbonyl (C=O) groups is 1. The van der Waals surface area contributed by atoms with Crippen LogP contribution in [0.3, 0.4) is 0 Å². The fourth-order valence-electron chi connectivity index (χ4n) is 1.81. The van der Waals surface area contributed by atoms with E-state index in [0.717, 1.165) is 0 Å². The second-order valence-electron chi connectivity index (χ2n) is 4.19. The third kappa shape index (κ3) is 3.50. The predicted molar refractivity (Wildman–Crippen MR) is 78.9 cm³/mol. The van der Waals surface area contributed by atoms with Gasteiger partial charge in [0.15, 0.2) is 0 Å². The predicted octanol–water partition coefficient (Wildman–Crippen LogP) is 4.11. The Balaban J connectivity index is 1.97. The highest BCUT2D eigenvalue weighted by atomic mass is 35.5. The molecule has 0 spiro atoms. The Labute approximate surface area is 126 Å². The highest BCUT2D eigenvalue weighted by molar-refractivity contribution is 6.33. The number of hydrogen-bond acceptors (Lipinski definition) is 1.